The average Bonchev–Trinajstić information content (AvgIpc) is 2.23. The van der Waals surface area contributed by atoms with Gasteiger partial charge in [0.05, 0.1) is 13.1 Å². The van der Waals surface area contributed by atoms with Crippen LogP contribution in [-0.2, 0) is 0 Å². The highest BCUT2D eigenvalue weighted by Crippen LogP contribution is 2.45. The lowest BCUT2D eigenvalue weighted by Crippen LogP contribution is -2.56. The molecule has 0 heterocycles. The van der Waals surface area contributed by atoms with Gasteiger partial charge in [0.1, 0.15) is 0 Å². The summed E-state index contributed by atoms with van der Waals surface area (Å²) in [5.74, 6) is -16.3. The fourth-order valence-electron chi connectivity index (χ4n) is 0.707. The second-order valence-electron chi connectivity index (χ2n) is 2.76. The van der Waals surface area contributed by atoms with Crippen molar-refractivity contribution < 1.29 is 26.3 Å². The van der Waals surface area contributed by atoms with Gasteiger partial charge in [0.25, 0.3) is 0 Å². The first kappa shape index (κ1) is 15.2. The number of hydrogen-bond acceptors (Lipinski definition) is 2. The van der Waals surface area contributed by atoms with E-state index in [9.17, 15) is 26.3 Å². The number of azide groups is 2. The Bertz CT molecular complexity index is 333. The molecule has 0 fully saturated rings. The molecule has 0 aliphatic heterocycles. The fourth-order valence-corrected chi connectivity index (χ4v) is 0.707. The van der Waals surface area contributed by atoms with Crippen LogP contribution in [0, 0.1) is 0 Å². The summed E-state index contributed by atoms with van der Waals surface area (Å²) < 4.78 is 76.2. The Morgan fingerprint density at radius 2 is 1.06 bits per heavy atom. The zero-order chi connectivity index (χ0) is 13.7. The molecule has 0 radical (unpaired) electrons. The predicted molar refractivity (Wildman–Crippen MR) is 42.9 cm³/mol. The lowest BCUT2D eigenvalue weighted by Gasteiger charge is -2.31. The number of alkyl halides is 6. The summed E-state index contributed by atoms with van der Waals surface area (Å²) in [6.45, 7) is -4.27. The first-order chi connectivity index (χ1) is 7.62. The first-order valence-corrected chi connectivity index (χ1v) is 3.77. The van der Waals surface area contributed by atoms with E-state index in [4.69, 9.17) is 11.1 Å². The highest BCUT2D eigenvalue weighted by atomic mass is 19.3. The fraction of sp³-hybridized carbons (Fsp3) is 1.00. The molecule has 0 saturated carbocycles. The smallest absolute Gasteiger partial charge is 0.199 e. The molecule has 17 heavy (non-hydrogen) atoms. The monoisotopic (exact) mass is 262 g/mol. The van der Waals surface area contributed by atoms with Crippen molar-refractivity contribution in [2.75, 3.05) is 13.1 Å². The van der Waals surface area contributed by atoms with Crippen LogP contribution in [0.1, 0.15) is 0 Å². The molecule has 0 aromatic heterocycles. The summed E-state index contributed by atoms with van der Waals surface area (Å²) in [7, 11) is 0. The summed E-state index contributed by atoms with van der Waals surface area (Å²) in [5.41, 5.74) is 15.3. The van der Waals surface area contributed by atoms with Crippen LogP contribution in [-0.4, -0.2) is 30.9 Å². The molecule has 12 heteroatoms. The summed E-state index contributed by atoms with van der Waals surface area (Å²) in [4.78, 5) is 3.53. The Balaban J connectivity index is 5.20. The van der Waals surface area contributed by atoms with Crippen molar-refractivity contribution in [2.24, 2.45) is 10.2 Å². The standard InChI is InChI=1S/C5H4F6N6/c6-3(7,1-14-16-12)5(10,11)4(8,9)2-15-17-13/h1-2H2. The molecule has 0 amide bonds. The Morgan fingerprint density at radius 1 is 0.765 bits per heavy atom. The molecule has 0 unspecified atom stereocenters. The third kappa shape index (κ3) is 3.08. The van der Waals surface area contributed by atoms with Crippen LogP contribution < -0.4 is 0 Å². The molecule has 0 N–H and O–H groups in total. The summed E-state index contributed by atoms with van der Waals surface area (Å²) >= 11 is 0. The third-order valence-corrected chi connectivity index (χ3v) is 1.58. The van der Waals surface area contributed by atoms with Gasteiger partial charge in [-0.3, -0.25) is 0 Å². The lowest BCUT2D eigenvalue weighted by atomic mass is 10.1. The zero-order valence-corrected chi connectivity index (χ0v) is 7.87. The molecule has 0 aliphatic carbocycles. The van der Waals surface area contributed by atoms with Crippen LogP contribution in [0.5, 0.6) is 0 Å². The topological polar surface area (TPSA) is 97.5 Å². The van der Waals surface area contributed by atoms with Crippen LogP contribution in [0.15, 0.2) is 10.2 Å². The van der Waals surface area contributed by atoms with Gasteiger partial charge < -0.3 is 0 Å². The summed E-state index contributed by atoms with van der Waals surface area (Å²) in [5, 5.41) is 4.23. The van der Waals surface area contributed by atoms with Crippen molar-refractivity contribution in [1.29, 1.82) is 0 Å². The van der Waals surface area contributed by atoms with Gasteiger partial charge in [0, 0.05) is 9.82 Å². The molecule has 0 rings (SSSR count). The number of halogens is 6. The van der Waals surface area contributed by atoms with Gasteiger partial charge in [-0.05, 0) is 11.1 Å². The Morgan fingerprint density at radius 3 is 1.29 bits per heavy atom. The van der Waals surface area contributed by atoms with Gasteiger partial charge in [-0.15, -0.1) is 0 Å². The van der Waals surface area contributed by atoms with Gasteiger partial charge in [-0.1, -0.05) is 10.2 Å². The largest absolute Gasteiger partial charge is 0.372 e. The first-order valence-electron chi connectivity index (χ1n) is 3.77. The summed E-state index contributed by atoms with van der Waals surface area (Å²) in [6, 6.07) is 0. The van der Waals surface area contributed by atoms with Crippen LogP contribution >= 0.6 is 0 Å². The van der Waals surface area contributed by atoms with Crippen LogP contribution in [0.3, 0.4) is 0 Å². The van der Waals surface area contributed by atoms with Crippen molar-refractivity contribution in [2.45, 2.75) is 17.8 Å². The average molecular weight is 262 g/mol. The maximum Gasteiger partial charge on any atom is 0.372 e. The minimum absolute atomic E-state index is 1.76. The minimum atomic E-state index is -5.80. The number of hydrogen-bond donors (Lipinski definition) is 0. The van der Waals surface area contributed by atoms with Crippen molar-refractivity contribution in [3.63, 3.8) is 0 Å². The summed E-state index contributed by atoms with van der Waals surface area (Å²) in [6.07, 6.45) is 0. The molecule has 0 saturated heterocycles. The SMILES string of the molecule is [N-]=[N+]=NCC(F)(F)C(F)(F)C(F)(F)CN=[N+]=[N-]. The zero-order valence-electron chi connectivity index (χ0n) is 7.87. The van der Waals surface area contributed by atoms with Crippen molar-refractivity contribution in [3.8, 4) is 0 Å². The third-order valence-electron chi connectivity index (χ3n) is 1.58. The Kier molecular flexibility index (Phi) is 4.49. The molecule has 0 bridgehead atoms. The number of nitrogens with zero attached hydrogens (tertiary/aromatic N) is 6. The molecular weight excluding hydrogens is 258 g/mol. The molecule has 6 nitrogen and oxygen atoms in total. The van der Waals surface area contributed by atoms with E-state index in [0.717, 1.165) is 0 Å². The number of rotatable bonds is 6. The maximum absolute atomic E-state index is 12.8. The predicted octanol–water partition coefficient (Wildman–Crippen LogP) is 3.51. The van der Waals surface area contributed by atoms with Crippen molar-refractivity contribution in [1.82, 2.24) is 0 Å². The van der Waals surface area contributed by atoms with Crippen LogP contribution in [0.2, 0.25) is 0 Å². The van der Waals surface area contributed by atoms with E-state index in [-0.39, 0.29) is 0 Å². The van der Waals surface area contributed by atoms with E-state index in [0.29, 0.717) is 0 Å². The van der Waals surface area contributed by atoms with Gasteiger partial charge in [-0.25, -0.2) is 0 Å². The highest BCUT2D eigenvalue weighted by Gasteiger charge is 2.70. The molecule has 0 spiro atoms. The second-order valence-corrected chi connectivity index (χ2v) is 2.76. The van der Waals surface area contributed by atoms with Gasteiger partial charge in [0.15, 0.2) is 0 Å². The minimum Gasteiger partial charge on any atom is -0.199 e. The second kappa shape index (κ2) is 5.02. The molecule has 0 aromatic rings. The van der Waals surface area contributed by atoms with Gasteiger partial charge >= 0.3 is 17.8 Å². The van der Waals surface area contributed by atoms with Crippen LogP contribution in [0.4, 0.5) is 26.3 Å². The van der Waals surface area contributed by atoms with E-state index >= 15 is 0 Å². The van der Waals surface area contributed by atoms with E-state index in [1.54, 1.807) is 9.82 Å². The van der Waals surface area contributed by atoms with Crippen molar-refractivity contribution >= 4 is 0 Å². The van der Waals surface area contributed by atoms with Gasteiger partial charge in [0.2, 0.25) is 0 Å². The maximum atomic E-state index is 12.8. The lowest BCUT2D eigenvalue weighted by molar-refractivity contribution is -0.300. The van der Waals surface area contributed by atoms with Crippen molar-refractivity contribution in [3.05, 3.63) is 20.9 Å². The molecule has 96 valence electrons. The van der Waals surface area contributed by atoms with E-state index in [1.807, 2.05) is 0 Å². The van der Waals surface area contributed by atoms with Gasteiger partial charge in [-0.2, -0.15) is 26.3 Å². The molecular formula is C5H4F6N6. The molecule has 0 atom stereocenters. The van der Waals surface area contributed by atoms with Crippen LogP contribution in [0.25, 0.3) is 20.9 Å². The normalized spacial score (nSPS) is 12.6. The molecule has 0 aromatic carbocycles. The van der Waals surface area contributed by atoms with E-state index in [2.05, 4.69) is 10.2 Å². The Hall–Kier alpha value is -1.80. The van der Waals surface area contributed by atoms with E-state index < -0.39 is 30.9 Å². The quantitative estimate of drug-likeness (QED) is 0.303. The highest BCUT2D eigenvalue weighted by molar-refractivity contribution is 4.98. The molecule has 0 aliphatic rings. The van der Waals surface area contributed by atoms with E-state index in [1.165, 1.54) is 0 Å². The Labute approximate surface area is 89.5 Å².